The maximum atomic E-state index is 11.9. The Morgan fingerprint density at radius 3 is 2.32 bits per heavy atom. The summed E-state index contributed by atoms with van der Waals surface area (Å²) in [5.74, 6) is 0.967. The smallest absolute Gasteiger partial charge is 0.227 e. The molecule has 0 radical (unpaired) electrons. The van der Waals surface area contributed by atoms with Crippen LogP contribution < -0.4 is 10.1 Å². The van der Waals surface area contributed by atoms with Crippen LogP contribution in [-0.2, 0) is 9.53 Å². The molecule has 4 nitrogen and oxygen atoms in total. The summed E-state index contributed by atoms with van der Waals surface area (Å²) in [4.78, 5) is 11.9. The third-order valence-electron chi connectivity index (χ3n) is 4.51. The minimum absolute atomic E-state index is 0.0266. The lowest BCUT2D eigenvalue weighted by atomic mass is 10.0. The van der Waals surface area contributed by atoms with Crippen LogP contribution in [0, 0.1) is 5.92 Å². The predicted molar refractivity (Wildman–Crippen MR) is 99.8 cm³/mol. The van der Waals surface area contributed by atoms with Gasteiger partial charge in [0.15, 0.2) is 0 Å². The average Bonchev–Trinajstić information content (AvgIpc) is 3.46. The van der Waals surface area contributed by atoms with Gasteiger partial charge in [-0.05, 0) is 41.8 Å². The van der Waals surface area contributed by atoms with E-state index in [1.54, 1.807) is 0 Å². The van der Waals surface area contributed by atoms with E-state index < -0.39 is 0 Å². The number of carbonyl (C=O) groups excluding carboxylic acids is 1. The Bertz CT molecular complexity index is 690. The Morgan fingerprint density at radius 1 is 1.16 bits per heavy atom. The first kappa shape index (κ1) is 17.5. The van der Waals surface area contributed by atoms with E-state index in [4.69, 9.17) is 9.47 Å². The molecule has 25 heavy (non-hydrogen) atoms. The molecule has 0 aliphatic carbocycles. The number of epoxide rings is 1. The number of hydrogen-bond acceptors (Lipinski definition) is 3. The van der Waals surface area contributed by atoms with Gasteiger partial charge in [0.25, 0.3) is 0 Å². The van der Waals surface area contributed by atoms with Gasteiger partial charge in [-0.3, -0.25) is 4.79 Å². The third-order valence-corrected chi connectivity index (χ3v) is 4.51. The monoisotopic (exact) mass is 339 g/mol. The maximum Gasteiger partial charge on any atom is 0.227 e. The predicted octanol–water partition coefficient (Wildman–Crippen LogP) is 4.51. The number of benzene rings is 2. The van der Waals surface area contributed by atoms with Crippen LogP contribution >= 0.6 is 0 Å². The summed E-state index contributed by atoms with van der Waals surface area (Å²) in [5, 5.41) is 2.95. The zero-order chi connectivity index (χ0) is 17.6. The van der Waals surface area contributed by atoms with Crippen molar-refractivity contribution in [3.05, 3.63) is 48.5 Å². The fourth-order valence-corrected chi connectivity index (χ4v) is 2.48. The molecular formula is C21H25NO3. The molecule has 1 heterocycles. The van der Waals surface area contributed by atoms with E-state index in [0.29, 0.717) is 12.7 Å². The topological polar surface area (TPSA) is 50.9 Å². The summed E-state index contributed by atoms with van der Waals surface area (Å²) in [6, 6.07) is 16.0. The molecule has 2 atom stereocenters. The van der Waals surface area contributed by atoms with Crippen molar-refractivity contribution >= 4 is 11.6 Å². The first-order chi connectivity index (χ1) is 12.2. The summed E-state index contributed by atoms with van der Waals surface area (Å²) >= 11 is 0. The van der Waals surface area contributed by atoms with Crippen molar-refractivity contribution in [2.75, 3.05) is 18.5 Å². The molecule has 0 saturated carbocycles. The fraction of sp³-hybridized carbons (Fsp3) is 0.381. The Morgan fingerprint density at radius 2 is 1.76 bits per heavy atom. The van der Waals surface area contributed by atoms with Gasteiger partial charge in [0.2, 0.25) is 5.91 Å². The average molecular weight is 339 g/mol. The lowest BCUT2D eigenvalue weighted by Crippen LogP contribution is -2.19. The minimum Gasteiger partial charge on any atom is -0.493 e. The molecule has 1 fully saturated rings. The Labute approximate surface area is 149 Å². The number of nitrogens with one attached hydrogen (secondary N) is 1. The molecular weight excluding hydrogens is 314 g/mol. The van der Waals surface area contributed by atoms with E-state index in [-0.39, 0.29) is 11.8 Å². The molecule has 2 aromatic rings. The number of ether oxygens (including phenoxy) is 2. The van der Waals surface area contributed by atoms with Gasteiger partial charge in [0.1, 0.15) is 5.75 Å². The standard InChI is InChI=1S/C21H25NO3/c1-3-15(2)21(23)22-18-8-4-16(5-9-18)17-6-10-19(11-7-17)24-13-12-20-14-25-20/h4-11,15,20H,3,12-14H2,1-2H3,(H,22,23). The maximum absolute atomic E-state index is 11.9. The van der Waals surface area contributed by atoms with E-state index in [0.717, 1.165) is 42.0 Å². The van der Waals surface area contributed by atoms with Crippen molar-refractivity contribution in [1.82, 2.24) is 0 Å². The van der Waals surface area contributed by atoms with E-state index in [2.05, 4.69) is 17.4 Å². The summed E-state index contributed by atoms with van der Waals surface area (Å²) in [6.45, 7) is 5.51. The Balaban J connectivity index is 1.56. The van der Waals surface area contributed by atoms with E-state index in [1.165, 1.54) is 0 Å². The summed E-state index contributed by atoms with van der Waals surface area (Å²) in [6.07, 6.45) is 2.19. The highest BCUT2D eigenvalue weighted by molar-refractivity contribution is 5.92. The minimum atomic E-state index is 0.0266. The molecule has 1 N–H and O–H groups in total. The summed E-state index contributed by atoms with van der Waals surface area (Å²) < 4.78 is 10.9. The van der Waals surface area contributed by atoms with Crippen LogP contribution in [0.1, 0.15) is 26.7 Å². The number of anilines is 1. The first-order valence-corrected chi connectivity index (χ1v) is 8.91. The van der Waals surface area contributed by atoms with Crippen LogP contribution in [0.4, 0.5) is 5.69 Å². The van der Waals surface area contributed by atoms with Gasteiger partial charge in [-0.25, -0.2) is 0 Å². The van der Waals surface area contributed by atoms with Gasteiger partial charge >= 0.3 is 0 Å². The van der Waals surface area contributed by atoms with Gasteiger partial charge in [-0.15, -0.1) is 0 Å². The van der Waals surface area contributed by atoms with Crippen LogP contribution in [0.15, 0.2) is 48.5 Å². The molecule has 1 saturated heterocycles. The second-order valence-electron chi connectivity index (χ2n) is 6.49. The molecule has 0 spiro atoms. The van der Waals surface area contributed by atoms with E-state index in [9.17, 15) is 4.79 Å². The molecule has 0 aromatic heterocycles. The second-order valence-corrected chi connectivity index (χ2v) is 6.49. The molecule has 4 heteroatoms. The van der Waals surface area contributed by atoms with Crippen molar-refractivity contribution in [1.29, 1.82) is 0 Å². The highest BCUT2D eigenvalue weighted by Crippen LogP contribution is 2.24. The van der Waals surface area contributed by atoms with Crippen molar-refractivity contribution in [3.63, 3.8) is 0 Å². The number of hydrogen-bond donors (Lipinski definition) is 1. The lowest BCUT2D eigenvalue weighted by molar-refractivity contribution is -0.119. The fourth-order valence-electron chi connectivity index (χ4n) is 2.48. The SMILES string of the molecule is CCC(C)C(=O)Nc1ccc(-c2ccc(OCCC3CO3)cc2)cc1. The van der Waals surface area contributed by atoms with Crippen LogP contribution in [0.3, 0.4) is 0 Å². The van der Waals surface area contributed by atoms with Crippen molar-refractivity contribution < 1.29 is 14.3 Å². The van der Waals surface area contributed by atoms with Gasteiger partial charge in [-0.1, -0.05) is 38.1 Å². The molecule has 2 aromatic carbocycles. The summed E-state index contributed by atoms with van der Waals surface area (Å²) in [7, 11) is 0. The van der Waals surface area contributed by atoms with Crippen molar-refractivity contribution in [2.45, 2.75) is 32.8 Å². The number of rotatable bonds is 8. The Hall–Kier alpha value is -2.33. The highest BCUT2D eigenvalue weighted by atomic mass is 16.6. The largest absolute Gasteiger partial charge is 0.493 e. The zero-order valence-electron chi connectivity index (χ0n) is 14.8. The molecule has 1 aliphatic heterocycles. The van der Waals surface area contributed by atoms with Gasteiger partial charge in [-0.2, -0.15) is 0 Å². The van der Waals surface area contributed by atoms with Gasteiger partial charge in [0, 0.05) is 18.0 Å². The normalized spacial score (nSPS) is 17.0. The Kier molecular flexibility index (Phi) is 5.71. The van der Waals surface area contributed by atoms with Crippen molar-refractivity contribution in [3.8, 4) is 16.9 Å². The molecule has 2 unspecified atom stereocenters. The first-order valence-electron chi connectivity index (χ1n) is 8.91. The van der Waals surface area contributed by atoms with Crippen molar-refractivity contribution in [2.24, 2.45) is 5.92 Å². The van der Waals surface area contributed by atoms with Gasteiger partial charge < -0.3 is 14.8 Å². The molecule has 132 valence electrons. The summed E-state index contributed by atoms with van der Waals surface area (Å²) in [5.41, 5.74) is 3.06. The van der Waals surface area contributed by atoms with Crippen LogP contribution in [0.25, 0.3) is 11.1 Å². The van der Waals surface area contributed by atoms with Crippen LogP contribution in [0.2, 0.25) is 0 Å². The van der Waals surface area contributed by atoms with Crippen LogP contribution in [0.5, 0.6) is 5.75 Å². The molecule has 1 amide bonds. The number of amides is 1. The molecule has 0 bridgehead atoms. The lowest BCUT2D eigenvalue weighted by Gasteiger charge is -2.11. The van der Waals surface area contributed by atoms with E-state index >= 15 is 0 Å². The van der Waals surface area contributed by atoms with Crippen LogP contribution in [-0.4, -0.2) is 25.2 Å². The molecule has 3 rings (SSSR count). The van der Waals surface area contributed by atoms with Gasteiger partial charge in [0.05, 0.1) is 19.3 Å². The quantitative estimate of drug-likeness (QED) is 0.720. The highest BCUT2D eigenvalue weighted by Gasteiger charge is 2.21. The van der Waals surface area contributed by atoms with E-state index in [1.807, 2.05) is 50.2 Å². The number of carbonyl (C=O) groups is 1. The third kappa shape index (κ3) is 5.07. The second kappa shape index (κ2) is 8.17. The zero-order valence-corrected chi connectivity index (χ0v) is 14.8. The molecule has 1 aliphatic rings.